The third kappa shape index (κ3) is 6.92. The summed E-state index contributed by atoms with van der Waals surface area (Å²) in [6.45, 7) is 6.48. The predicted octanol–water partition coefficient (Wildman–Crippen LogP) is 3.33. The zero-order chi connectivity index (χ0) is 42.1. The number of morpholine rings is 1. The third-order valence-electron chi connectivity index (χ3n) is 11.9. The molecular weight excluding hydrogens is 796 g/mol. The highest BCUT2D eigenvalue weighted by molar-refractivity contribution is 5.94. The number of likely N-dealkylation sites (N-methyl/N-ethyl adjacent to an activating group) is 1. The second kappa shape index (κ2) is 15.2. The molecule has 6 aromatic rings. The van der Waals surface area contributed by atoms with E-state index in [0.29, 0.717) is 85.1 Å². The van der Waals surface area contributed by atoms with Gasteiger partial charge in [0.05, 0.1) is 53.6 Å². The largest absolute Gasteiger partial charge is 0.375 e. The summed E-state index contributed by atoms with van der Waals surface area (Å²) >= 11 is 0. The monoisotopic (exact) mass is 837 g/mol. The summed E-state index contributed by atoms with van der Waals surface area (Å²) in [6, 6.07) is 6.38. The molecule has 20 heteroatoms. The molecule has 316 valence electrons. The number of anilines is 3. The number of amides is 2. The SMILES string of the molecule is CCO[C@H]1CN(C)C(=O)[C@@H]2C[C@@H](CN2c2nc(N3CCN4C(=O)COCC4C3)nc3c2cnn3-c2ccc(F)cc2F)Nc2nccc(n2)-c2cc(F)cc3nc(C)n(c23)C1. The van der Waals surface area contributed by atoms with Crippen LogP contribution in [0.15, 0.2) is 48.8 Å². The molecule has 1 N–H and O–H groups in total. The van der Waals surface area contributed by atoms with Gasteiger partial charge in [0, 0.05) is 76.3 Å². The molecule has 4 aliphatic rings. The first-order chi connectivity index (χ1) is 29.5. The zero-order valence-corrected chi connectivity index (χ0v) is 33.6. The number of carbonyl (C=O) groups excluding carboxylic acids is 2. The normalized spacial score (nSPS) is 22.1. The fourth-order valence-electron chi connectivity index (χ4n) is 9.14. The molecule has 17 nitrogen and oxygen atoms in total. The standard InChI is InChI=1S/C41H42F3N13O4/c1-4-61-27-18-52(3)39(59)34-14-25(48-40-45-8-7-31(49-40)28-11-24(43)13-32-36(28)55(19-27)22(2)47-32)16-56(34)37-29-15-46-57(33-6-5-23(42)12-30(33)44)38(29)51-41(50-37)53-9-10-54-26(17-53)20-60-21-35(54)58/h5-8,11-13,15,25-27,34H,4,9-10,14,16-21H2,1-3H3,(H,45,48,49)/t25-,26?,27-,34-/m0/s1. The Kier molecular flexibility index (Phi) is 9.69. The molecule has 61 heavy (non-hydrogen) atoms. The van der Waals surface area contributed by atoms with Crippen LogP contribution in [-0.2, 0) is 25.6 Å². The number of aromatic nitrogens is 8. The molecule has 4 aliphatic heterocycles. The highest BCUT2D eigenvalue weighted by Crippen LogP contribution is 2.36. The molecule has 4 aromatic heterocycles. The van der Waals surface area contributed by atoms with Crippen LogP contribution in [0, 0.1) is 24.4 Å². The van der Waals surface area contributed by atoms with E-state index in [1.807, 2.05) is 28.2 Å². The van der Waals surface area contributed by atoms with Gasteiger partial charge in [0.15, 0.2) is 11.5 Å². The van der Waals surface area contributed by atoms with Gasteiger partial charge in [-0.25, -0.2) is 32.8 Å². The van der Waals surface area contributed by atoms with Crippen LogP contribution in [0.3, 0.4) is 0 Å². The number of nitrogens with one attached hydrogen (secondary N) is 1. The van der Waals surface area contributed by atoms with Gasteiger partial charge in [0.1, 0.15) is 41.6 Å². The van der Waals surface area contributed by atoms with Crippen LogP contribution in [0.5, 0.6) is 0 Å². The van der Waals surface area contributed by atoms with Crippen LogP contribution in [0.25, 0.3) is 39.0 Å². The molecule has 1 unspecified atom stereocenters. The fraction of sp³-hybridized carbons (Fsp3) is 0.415. The second-order valence-electron chi connectivity index (χ2n) is 15.8. The number of nitrogens with zero attached hydrogens (tertiary/aromatic N) is 12. The Morgan fingerprint density at radius 1 is 0.951 bits per heavy atom. The van der Waals surface area contributed by atoms with E-state index in [9.17, 15) is 14.0 Å². The molecule has 4 atom stereocenters. The van der Waals surface area contributed by atoms with Crippen molar-refractivity contribution in [3.8, 4) is 16.9 Å². The number of fused-ring (bicyclic) bond motifs is 7. The van der Waals surface area contributed by atoms with Gasteiger partial charge in [-0.3, -0.25) is 9.59 Å². The number of piperazine rings is 1. The van der Waals surface area contributed by atoms with Crippen molar-refractivity contribution in [2.75, 3.05) is 74.7 Å². The highest BCUT2D eigenvalue weighted by atomic mass is 19.1. The topological polar surface area (TPSA) is 165 Å². The summed E-state index contributed by atoms with van der Waals surface area (Å²) in [4.78, 5) is 59.0. The van der Waals surface area contributed by atoms with E-state index in [4.69, 9.17) is 29.4 Å². The predicted molar refractivity (Wildman–Crippen MR) is 217 cm³/mol. The van der Waals surface area contributed by atoms with Crippen LogP contribution in [0.1, 0.15) is 19.2 Å². The van der Waals surface area contributed by atoms with Gasteiger partial charge in [-0.1, -0.05) is 0 Å². The van der Waals surface area contributed by atoms with Crippen LogP contribution in [0.4, 0.5) is 30.9 Å². The number of imidazole rings is 1. The minimum atomic E-state index is -0.838. The number of carbonyl (C=O) groups is 2. The van der Waals surface area contributed by atoms with E-state index in [1.165, 1.54) is 29.1 Å². The Bertz CT molecular complexity index is 2710. The average Bonchev–Trinajstić information content (AvgIpc) is 3.94. The van der Waals surface area contributed by atoms with Crippen molar-refractivity contribution in [3.05, 3.63) is 72.1 Å². The van der Waals surface area contributed by atoms with Gasteiger partial charge in [-0.15, -0.1) is 0 Å². The van der Waals surface area contributed by atoms with Crippen LogP contribution in [0.2, 0.25) is 0 Å². The lowest BCUT2D eigenvalue weighted by molar-refractivity contribution is -0.148. The first-order valence-corrected chi connectivity index (χ1v) is 20.3. The molecule has 0 radical (unpaired) electrons. The van der Waals surface area contributed by atoms with Crippen molar-refractivity contribution in [2.24, 2.45) is 0 Å². The molecule has 0 aliphatic carbocycles. The molecule has 8 heterocycles. The third-order valence-corrected chi connectivity index (χ3v) is 11.9. The lowest BCUT2D eigenvalue weighted by atomic mass is 10.1. The molecule has 2 amide bonds. The Balaban J connectivity index is 1.09. The van der Waals surface area contributed by atoms with Gasteiger partial charge in [0.25, 0.3) is 0 Å². The lowest BCUT2D eigenvalue weighted by Crippen LogP contribution is -2.60. The quantitative estimate of drug-likeness (QED) is 0.269. The van der Waals surface area contributed by atoms with Crippen molar-refractivity contribution >= 4 is 51.6 Å². The lowest BCUT2D eigenvalue weighted by Gasteiger charge is -2.43. The Labute approximate surface area is 347 Å². The molecule has 3 saturated heterocycles. The van der Waals surface area contributed by atoms with Crippen molar-refractivity contribution in [1.29, 1.82) is 0 Å². The van der Waals surface area contributed by atoms with Gasteiger partial charge in [0.2, 0.25) is 23.7 Å². The Hall–Kier alpha value is -6.41. The van der Waals surface area contributed by atoms with Gasteiger partial charge in [-0.05, 0) is 44.5 Å². The second-order valence-corrected chi connectivity index (χ2v) is 15.8. The van der Waals surface area contributed by atoms with Crippen LogP contribution in [-0.4, -0.2) is 145 Å². The van der Waals surface area contributed by atoms with Gasteiger partial charge in [-0.2, -0.15) is 15.1 Å². The summed E-state index contributed by atoms with van der Waals surface area (Å²) < 4.78 is 59.9. The zero-order valence-electron chi connectivity index (χ0n) is 33.6. The molecule has 0 saturated carbocycles. The van der Waals surface area contributed by atoms with E-state index >= 15 is 8.78 Å². The van der Waals surface area contributed by atoms with Crippen LogP contribution < -0.4 is 15.1 Å². The number of ether oxygens (including phenoxy) is 2. The maximum atomic E-state index is 15.4. The molecule has 10 rings (SSSR count). The molecule has 3 fully saturated rings. The summed E-state index contributed by atoms with van der Waals surface area (Å²) in [5, 5.41) is 8.40. The van der Waals surface area contributed by atoms with Crippen molar-refractivity contribution < 1.29 is 32.2 Å². The van der Waals surface area contributed by atoms with Crippen molar-refractivity contribution in [3.63, 3.8) is 0 Å². The van der Waals surface area contributed by atoms with E-state index in [-0.39, 0.29) is 60.8 Å². The Morgan fingerprint density at radius 3 is 2.66 bits per heavy atom. The van der Waals surface area contributed by atoms with E-state index in [0.717, 1.165) is 12.1 Å². The van der Waals surface area contributed by atoms with E-state index in [1.54, 1.807) is 29.1 Å². The Morgan fingerprint density at radius 2 is 1.82 bits per heavy atom. The highest BCUT2D eigenvalue weighted by Gasteiger charge is 2.42. The van der Waals surface area contributed by atoms with Crippen molar-refractivity contribution in [2.45, 2.75) is 51.0 Å². The van der Waals surface area contributed by atoms with Gasteiger partial charge < -0.3 is 39.0 Å². The molecule has 2 aromatic carbocycles. The summed E-state index contributed by atoms with van der Waals surface area (Å²) in [7, 11) is 1.74. The number of halogens is 3. The number of aryl methyl sites for hydroxylation is 1. The van der Waals surface area contributed by atoms with Crippen molar-refractivity contribution in [1.82, 2.24) is 49.1 Å². The smallest absolute Gasteiger partial charge is 0.249 e. The van der Waals surface area contributed by atoms with Crippen LogP contribution >= 0.6 is 0 Å². The number of benzene rings is 2. The van der Waals surface area contributed by atoms with Gasteiger partial charge >= 0.3 is 0 Å². The summed E-state index contributed by atoms with van der Waals surface area (Å²) in [5.74, 6) is -0.742. The molecule has 4 bridgehead atoms. The minimum Gasteiger partial charge on any atom is -0.375 e. The summed E-state index contributed by atoms with van der Waals surface area (Å²) in [6.07, 6.45) is 2.96. The maximum absolute atomic E-state index is 15.4. The maximum Gasteiger partial charge on any atom is 0.249 e. The molecular formula is C41H42F3N13O4. The minimum absolute atomic E-state index is 0.0243. The van der Waals surface area contributed by atoms with E-state index < -0.39 is 35.6 Å². The fourth-order valence-corrected chi connectivity index (χ4v) is 9.14. The number of hydrogen-bond donors (Lipinski definition) is 1. The molecule has 0 spiro atoms. The number of hydrogen-bond acceptors (Lipinski definition) is 13. The summed E-state index contributed by atoms with van der Waals surface area (Å²) in [5.41, 5.74) is 2.41. The first-order valence-electron chi connectivity index (χ1n) is 20.3. The first kappa shape index (κ1) is 38.8. The van der Waals surface area contributed by atoms with E-state index in [2.05, 4.69) is 15.4 Å². The number of rotatable bonds is 5. The average molecular weight is 838 g/mol.